The largest absolute Gasteiger partial charge is 0.147 e. The zero-order valence-corrected chi connectivity index (χ0v) is 15.6. The summed E-state index contributed by atoms with van der Waals surface area (Å²) in [5.41, 5.74) is 1.57. The normalized spacial score (nSPS) is 26.7. The van der Waals surface area contributed by atoms with Gasteiger partial charge in [0.1, 0.15) is 8.07 Å². The van der Waals surface area contributed by atoms with E-state index in [-0.39, 0.29) is 4.75 Å². The fourth-order valence-corrected chi connectivity index (χ4v) is 10.5. The van der Waals surface area contributed by atoms with Crippen molar-refractivity contribution in [2.24, 2.45) is 0 Å². The van der Waals surface area contributed by atoms with E-state index < -0.39 is 8.07 Å². The third kappa shape index (κ3) is 2.78. The Balaban J connectivity index is 2.49. The van der Waals surface area contributed by atoms with Crippen LogP contribution in [-0.4, -0.2) is 17.2 Å². The zero-order valence-electron chi connectivity index (χ0n) is 13.8. The molecule has 0 aliphatic heterocycles. The van der Waals surface area contributed by atoms with Crippen LogP contribution < -0.4 is 0 Å². The van der Waals surface area contributed by atoms with Crippen LogP contribution in [0.1, 0.15) is 40.5 Å². The average molecular weight is 305 g/mol. The van der Waals surface area contributed by atoms with Crippen LogP contribution >= 0.6 is 11.8 Å². The monoisotopic (exact) mass is 304 g/mol. The van der Waals surface area contributed by atoms with Crippen molar-refractivity contribution < 1.29 is 0 Å². The van der Waals surface area contributed by atoms with Gasteiger partial charge in [0.2, 0.25) is 0 Å². The SMILES string of the molecule is CC1=CC=CCC1(SC(C)(C)C)[Si](C)(C)C1=CCC=C1. The average Bonchev–Trinajstić information content (AvgIpc) is 2.84. The molecular formula is C18H28SSi. The Morgan fingerprint density at radius 1 is 1.20 bits per heavy atom. The molecule has 110 valence electrons. The predicted molar refractivity (Wildman–Crippen MR) is 96.9 cm³/mol. The van der Waals surface area contributed by atoms with Crippen molar-refractivity contribution >= 4 is 19.8 Å². The molecule has 0 fully saturated rings. The lowest BCUT2D eigenvalue weighted by Gasteiger charge is -2.50. The first-order valence-corrected chi connectivity index (χ1v) is 11.4. The van der Waals surface area contributed by atoms with Gasteiger partial charge in [-0.05, 0) is 19.8 Å². The standard InChI is InChI=1S/C18H28SSi/c1-15-11-9-10-14-18(15,19-17(2,3)4)20(5,6)16-12-7-8-13-16/h7,9-13H,8,14H2,1-6H3. The topological polar surface area (TPSA) is 0 Å². The van der Waals surface area contributed by atoms with Crippen LogP contribution in [0.15, 0.2) is 47.2 Å². The maximum atomic E-state index is 2.56. The molecule has 2 rings (SSSR count). The fraction of sp³-hybridized carbons (Fsp3) is 0.556. The maximum Gasteiger partial charge on any atom is 0.103 e. The highest BCUT2D eigenvalue weighted by atomic mass is 32.2. The molecule has 20 heavy (non-hydrogen) atoms. The van der Waals surface area contributed by atoms with E-state index in [0.29, 0.717) is 4.37 Å². The molecule has 0 bridgehead atoms. The lowest BCUT2D eigenvalue weighted by Crippen LogP contribution is -2.56. The second-order valence-corrected chi connectivity index (χ2v) is 14.6. The van der Waals surface area contributed by atoms with Crippen molar-refractivity contribution in [1.82, 2.24) is 0 Å². The van der Waals surface area contributed by atoms with Gasteiger partial charge in [0, 0.05) is 9.12 Å². The molecule has 0 spiro atoms. The summed E-state index contributed by atoms with van der Waals surface area (Å²) in [6.45, 7) is 14.5. The molecule has 0 amide bonds. The summed E-state index contributed by atoms with van der Waals surface area (Å²) in [6, 6.07) is 0. The molecule has 0 nitrogen and oxygen atoms in total. The Morgan fingerprint density at radius 3 is 2.40 bits per heavy atom. The lowest BCUT2D eigenvalue weighted by molar-refractivity contribution is 0.770. The fourth-order valence-electron chi connectivity index (χ4n) is 3.42. The van der Waals surface area contributed by atoms with Gasteiger partial charge in [0.15, 0.2) is 0 Å². The number of thioether (sulfide) groups is 1. The van der Waals surface area contributed by atoms with Crippen molar-refractivity contribution in [2.75, 3.05) is 0 Å². The van der Waals surface area contributed by atoms with Crippen LogP contribution in [0.3, 0.4) is 0 Å². The van der Waals surface area contributed by atoms with E-state index in [1.54, 1.807) is 10.8 Å². The summed E-state index contributed by atoms with van der Waals surface area (Å²) < 4.78 is 0.577. The summed E-state index contributed by atoms with van der Waals surface area (Å²) in [5.74, 6) is 0. The van der Waals surface area contributed by atoms with Gasteiger partial charge in [-0.15, -0.1) is 11.8 Å². The van der Waals surface area contributed by atoms with E-state index in [9.17, 15) is 0 Å². The van der Waals surface area contributed by atoms with Crippen molar-refractivity contribution in [3.05, 3.63) is 47.2 Å². The highest BCUT2D eigenvalue weighted by Gasteiger charge is 2.51. The molecule has 0 saturated carbocycles. The highest BCUT2D eigenvalue weighted by molar-refractivity contribution is 8.04. The molecule has 2 heteroatoms. The smallest absolute Gasteiger partial charge is 0.103 e. The van der Waals surface area contributed by atoms with E-state index in [0.717, 1.165) is 6.42 Å². The Morgan fingerprint density at radius 2 is 1.90 bits per heavy atom. The molecular weight excluding hydrogens is 276 g/mol. The second-order valence-electron chi connectivity index (χ2n) is 7.45. The molecule has 1 atom stereocenters. The van der Waals surface area contributed by atoms with Crippen molar-refractivity contribution in [3.8, 4) is 0 Å². The first kappa shape index (κ1) is 15.9. The first-order chi connectivity index (χ1) is 9.19. The van der Waals surface area contributed by atoms with E-state index in [2.05, 4.69) is 89.0 Å². The van der Waals surface area contributed by atoms with Crippen molar-refractivity contribution in [2.45, 2.75) is 62.7 Å². The Labute approximate surface area is 130 Å². The summed E-state index contributed by atoms with van der Waals surface area (Å²) in [4.78, 5) is 0. The maximum absolute atomic E-state index is 2.56. The van der Waals surface area contributed by atoms with Gasteiger partial charge in [0.25, 0.3) is 0 Å². The molecule has 0 N–H and O–H groups in total. The van der Waals surface area contributed by atoms with Gasteiger partial charge in [-0.1, -0.05) is 81.1 Å². The van der Waals surface area contributed by atoms with Crippen LogP contribution in [0.4, 0.5) is 0 Å². The zero-order chi connectivity index (χ0) is 15.0. The van der Waals surface area contributed by atoms with Crippen molar-refractivity contribution in [3.63, 3.8) is 0 Å². The van der Waals surface area contributed by atoms with Crippen LogP contribution in [0.5, 0.6) is 0 Å². The van der Waals surface area contributed by atoms with Crippen LogP contribution in [0.25, 0.3) is 0 Å². The molecule has 0 saturated heterocycles. The third-order valence-corrected chi connectivity index (χ3v) is 12.2. The van der Waals surface area contributed by atoms with E-state index >= 15 is 0 Å². The van der Waals surface area contributed by atoms with E-state index in [1.165, 1.54) is 6.42 Å². The summed E-state index contributed by atoms with van der Waals surface area (Å²) in [6.07, 6.45) is 16.4. The quantitative estimate of drug-likeness (QED) is 0.591. The lowest BCUT2D eigenvalue weighted by atomic mass is 10.1. The minimum atomic E-state index is -1.57. The minimum absolute atomic E-state index is 0.285. The molecule has 1 unspecified atom stereocenters. The molecule has 2 aliphatic carbocycles. The van der Waals surface area contributed by atoms with Crippen LogP contribution in [0.2, 0.25) is 13.1 Å². The van der Waals surface area contributed by atoms with E-state index in [1.807, 2.05) is 0 Å². The van der Waals surface area contributed by atoms with E-state index in [4.69, 9.17) is 0 Å². The van der Waals surface area contributed by atoms with Crippen molar-refractivity contribution in [1.29, 1.82) is 0 Å². The summed E-state index contributed by atoms with van der Waals surface area (Å²) in [5, 5.41) is 1.64. The Kier molecular flexibility index (Phi) is 4.28. The van der Waals surface area contributed by atoms with Gasteiger partial charge >= 0.3 is 0 Å². The number of hydrogen-bond donors (Lipinski definition) is 0. The summed E-state index contributed by atoms with van der Waals surface area (Å²) in [7, 11) is -1.57. The number of allylic oxidation sites excluding steroid dienone is 7. The van der Waals surface area contributed by atoms with Gasteiger partial charge < -0.3 is 0 Å². The minimum Gasteiger partial charge on any atom is -0.147 e. The van der Waals surface area contributed by atoms with Gasteiger partial charge in [0.05, 0.1) is 0 Å². The summed E-state index contributed by atoms with van der Waals surface area (Å²) >= 11 is 2.19. The second kappa shape index (κ2) is 5.38. The van der Waals surface area contributed by atoms with Gasteiger partial charge in [-0.25, -0.2) is 0 Å². The highest BCUT2D eigenvalue weighted by Crippen LogP contribution is 2.53. The predicted octanol–water partition coefficient (Wildman–Crippen LogP) is 5.84. The van der Waals surface area contributed by atoms with Crippen LogP contribution in [0, 0.1) is 0 Å². The number of hydrogen-bond acceptors (Lipinski definition) is 1. The Bertz CT molecular complexity index is 500. The Hall–Kier alpha value is -0.473. The molecule has 0 radical (unpaired) electrons. The molecule has 0 aromatic rings. The molecule has 0 aromatic carbocycles. The third-order valence-electron chi connectivity index (χ3n) is 4.51. The molecule has 0 aromatic heterocycles. The molecule has 0 heterocycles. The van der Waals surface area contributed by atoms with Gasteiger partial charge in [-0.2, -0.15) is 0 Å². The molecule has 2 aliphatic rings. The number of rotatable bonds is 3. The van der Waals surface area contributed by atoms with Gasteiger partial charge in [-0.3, -0.25) is 0 Å². The first-order valence-electron chi connectivity index (χ1n) is 7.60. The van der Waals surface area contributed by atoms with Crippen LogP contribution in [-0.2, 0) is 0 Å².